The summed E-state index contributed by atoms with van der Waals surface area (Å²) in [5.74, 6) is 0.0780. The number of benzene rings is 1. The summed E-state index contributed by atoms with van der Waals surface area (Å²) in [5, 5.41) is 4.90. The normalized spacial score (nSPS) is 16.6. The van der Waals surface area contributed by atoms with E-state index in [1.165, 1.54) is 12.1 Å². The van der Waals surface area contributed by atoms with E-state index in [0.29, 0.717) is 29.1 Å². The fourth-order valence-electron chi connectivity index (χ4n) is 5.25. The second kappa shape index (κ2) is 9.24. The molecule has 1 fully saturated rings. The van der Waals surface area contributed by atoms with Crippen LogP contribution in [0.5, 0.6) is 5.75 Å². The standard InChI is InChI=1S/C29H29FN6O2/c1-16-22-14-19(30)9-10-21(22)25-17(6-5-11-32-25)12-23-26(29(37)35(2)3)34-36(20-7-4-8-20)27(23)18-13-24(38-16)28(31)33-15-18/h5-6,9-11,13-16,20H,4,7-8,12H2,1-3H3,(H2,31,33)/t16-/m1/s1. The maximum Gasteiger partial charge on any atom is 0.274 e. The van der Waals surface area contributed by atoms with Crippen LogP contribution in [0.2, 0.25) is 0 Å². The van der Waals surface area contributed by atoms with Crippen molar-refractivity contribution in [1.82, 2.24) is 24.6 Å². The molecule has 38 heavy (non-hydrogen) atoms. The van der Waals surface area contributed by atoms with Crippen LogP contribution in [0.15, 0.2) is 48.8 Å². The topological polar surface area (TPSA) is 99.2 Å². The van der Waals surface area contributed by atoms with Crippen LogP contribution in [0.25, 0.3) is 22.5 Å². The number of carbonyl (C=O) groups is 1. The average molecular weight is 513 g/mol. The van der Waals surface area contributed by atoms with Crippen molar-refractivity contribution < 1.29 is 13.9 Å². The van der Waals surface area contributed by atoms with Crippen molar-refractivity contribution in [3.63, 3.8) is 0 Å². The second-order valence-corrected chi connectivity index (χ2v) is 10.2. The highest BCUT2D eigenvalue weighted by atomic mass is 19.1. The summed E-state index contributed by atoms with van der Waals surface area (Å²) in [7, 11) is 3.45. The third kappa shape index (κ3) is 3.98. The number of nitrogens with two attached hydrogens (primary N) is 1. The van der Waals surface area contributed by atoms with Crippen molar-refractivity contribution in [3.05, 3.63) is 77.0 Å². The molecule has 8 nitrogen and oxygen atoms in total. The molecule has 2 N–H and O–H groups in total. The summed E-state index contributed by atoms with van der Waals surface area (Å²) in [5.41, 5.74) is 12.0. The van der Waals surface area contributed by atoms with E-state index in [-0.39, 0.29) is 23.6 Å². The van der Waals surface area contributed by atoms with E-state index in [1.54, 1.807) is 37.5 Å². The average Bonchev–Trinajstić information content (AvgIpc) is 3.21. The van der Waals surface area contributed by atoms with Crippen molar-refractivity contribution in [2.24, 2.45) is 0 Å². The number of ether oxygens (including phenoxy) is 1. The van der Waals surface area contributed by atoms with Crippen LogP contribution in [0, 0.1) is 5.82 Å². The van der Waals surface area contributed by atoms with Crippen LogP contribution >= 0.6 is 0 Å². The SMILES string of the molecule is C[C@H]1Oc2cc(cnc2N)-c2c(c(C(=O)N(C)C)nn2C2CCC2)Cc2cccnc2-c2ccc(F)cc21. The molecule has 0 saturated heterocycles. The molecule has 0 radical (unpaired) electrons. The molecule has 1 aliphatic carbocycles. The Morgan fingerprint density at radius 1 is 1.18 bits per heavy atom. The third-order valence-corrected chi connectivity index (χ3v) is 7.46. The quantitative estimate of drug-likeness (QED) is 0.396. The predicted molar refractivity (Wildman–Crippen MR) is 142 cm³/mol. The minimum Gasteiger partial charge on any atom is -0.482 e. The van der Waals surface area contributed by atoms with E-state index in [1.807, 2.05) is 29.8 Å². The summed E-state index contributed by atoms with van der Waals surface area (Å²) in [6, 6.07) is 10.5. The Morgan fingerprint density at radius 3 is 2.74 bits per heavy atom. The van der Waals surface area contributed by atoms with E-state index in [4.69, 9.17) is 20.6 Å². The number of rotatable bonds is 2. The number of nitrogen functional groups attached to an aromatic ring is 1. The van der Waals surface area contributed by atoms with Gasteiger partial charge in [0.25, 0.3) is 5.91 Å². The first-order valence-corrected chi connectivity index (χ1v) is 12.8. The van der Waals surface area contributed by atoms with Crippen molar-refractivity contribution in [2.75, 3.05) is 19.8 Å². The minimum atomic E-state index is -0.531. The lowest BCUT2D eigenvalue weighted by atomic mass is 9.90. The lowest BCUT2D eigenvalue weighted by molar-refractivity contribution is 0.0819. The molecule has 1 atom stereocenters. The highest BCUT2D eigenvalue weighted by molar-refractivity contribution is 5.95. The van der Waals surface area contributed by atoms with Crippen LogP contribution in [0.3, 0.4) is 0 Å². The van der Waals surface area contributed by atoms with Crippen molar-refractivity contribution in [3.8, 4) is 28.3 Å². The van der Waals surface area contributed by atoms with E-state index < -0.39 is 6.10 Å². The molecular weight excluding hydrogens is 483 g/mol. The van der Waals surface area contributed by atoms with Gasteiger partial charge in [-0.05, 0) is 62.1 Å². The highest BCUT2D eigenvalue weighted by Crippen LogP contribution is 2.42. The number of hydrogen-bond acceptors (Lipinski definition) is 6. The molecule has 1 aromatic carbocycles. The number of hydrogen-bond donors (Lipinski definition) is 1. The molecule has 9 heteroatoms. The summed E-state index contributed by atoms with van der Waals surface area (Å²) < 4.78 is 22.8. The molecule has 4 aromatic rings. The van der Waals surface area contributed by atoms with Crippen LogP contribution in [-0.2, 0) is 6.42 Å². The van der Waals surface area contributed by atoms with E-state index >= 15 is 0 Å². The van der Waals surface area contributed by atoms with Gasteiger partial charge in [0.1, 0.15) is 11.9 Å². The fourth-order valence-corrected chi connectivity index (χ4v) is 5.25. The number of anilines is 1. The van der Waals surface area contributed by atoms with Gasteiger partial charge in [0.2, 0.25) is 0 Å². The van der Waals surface area contributed by atoms with Gasteiger partial charge >= 0.3 is 0 Å². The largest absolute Gasteiger partial charge is 0.482 e. The lowest BCUT2D eigenvalue weighted by Gasteiger charge is -2.28. The Hall–Kier alpha value is -4.27. The zero-order chi connectivity index (χ0) is 26.6. The first-order valence-electron chi connectivity index (χ1n) is 12.8. The Balaban J connectivity index is 1.68. The van der Waals surface area contributed by atoms with Gasteiger partial charge in [-0.25, -0.2) is 9.37 Å². The molecule has 1 saturated carbocycles. The van der Waals surface area contributed by atoms with Gasteiger partial charge in [0.15, 0.2) is 17.3 Å². The maximum absolute atomic E-state index is 14.5. The summed E-state index contributed by atoms with van der Waals surface area (Å²) in [6.07, 6.45) is 6.39. The lowest BCUT2D eigenvalue weighted by Crippen LogP contribution is -2.24. The van der Waals surface area contributed by atoms with Crippen LogP contribution < -0.4 is 10.5 Å². The number of aromatic nitrogens is 4. The molecule has 0 spiro atoms. The number of carbonyl (C=O) groups excluding carboxylic acids is 1. The number of nitrogens with zero attached hydrogens (tertiary/aromatic N) is 5. The summed E-state index contributed by atoms with van der Waals surface area (Å²) in [4.78, 5) is 24.1. The molecule has 1 amide bonds. The molecule has 1 aliphatic heterocycles. The highest BCUT2D eigenvalue weighted by Gasteiger charge is 2.32. The van der Waals surface area contributed by atoms with Gasteiger partial charge in [-0.1, -0.05) is 6.07 Å². The number of fused-ring (bicyclic) bond motifs is 7. The first kappa shape index (κ1) is 24.1. The van der Waals surface area contributed by atoms with Crippen LogP contribution in [-0.4, -0.2) is 44.7 Å². The van der Waals surface area contributed by atoms with Gasteiger partial charge in [-0.2, -0.15) is 5.10 Å². The van der Waals surface area contributed by atoms with Crippen LogP contribution in [0.4, 0.5) is 10.2 Å². The zero-order valence-electron chi connectivity index (χ0n) is 21.6. The maximum atomic E-state index is 14.5. The molecule has 4 heterocycles. The monoisotopic (exact) mass is 512 g/mol. The number of halogens is 1. The summed E-state index contributed by atoms with van der Waals surface area (Å²) in [6.45, 7) is 1.86. The minimum absolute atomic E-state index is 0.173. The van der Waals surface area contributed by atoms with Gasteiger partial charge in [0, 0.05) is 55.2 Å². The van der Waals surface area contributed by atoms with Gasteiger partial charge in [0.05, 0.1) is 17.4 Å². The van der Waals surface area contributed by atoms with Gasteiger partial charge in [-0.15, -0.1) is 0 Å². The zero-order valence-corrected chi connectivity index (χ0v) is 21.6. The van der Waals surface area contributed by atoms with E-state index in [2.05, 4.69) is 4.98 Å². The van der Waals surface area contributed by atoms with Gasteiger partial charge < -0.3 is 15.4 Å². The third-order valence-electron chi connectivity index (χ3n) is 7.46. The molecule has 2 bridgehead atoms. The second-order valence-electron chi connectivity index (χ2n) is 10.2. The number of pyridine rings is 2. The summed E-state index contributed by atoms with van der Waals surface area (Å²) >= 11 is 0. The number of amides is 1. The molecule has 3 aromatic heterocycles. The molecule has 6 rings (SSSR count). The van der Waals surface area contributed by atoms with E-state index in [9.17, 15) is 9.18 Å². The molecular formula is C29H29FN6O2. The molecule has 194 valence electrons. The Morgan fingerprint density at radius 2 is 2.00 bits per heavy atom. The van der Waals surface area contributed by atoms with Crippen molar-refractivity contribution in [2.45, 2.75) is 44.8 Å². The smallest absolute Gasteiger partial charge is 0.274 e. The Labute approximate surface area is 220 Å². The Bertz CT molecular complexity index is 1560. The Kier molecular flexibility index (Phi) is 5.86. The molecule has 2 aliphatic rings. The van der Waals surface area contributed by atoms with E-state index in [0.717, 1.165) is 47.2 Å². The van der Waals surface area contributed by atoms with Crippen molar-refractivity contribution >= 4 is 11.7 Å². The predicted octanol–water partition coefficient (Wildman–Crippen LogP) is 5.20. The van der Waals surface area contributed by atoms with Crippen LogP contribution in [0.1, 0.15) is 65.5 Å². The molecule has 0 unspecified atom stereocenters. The van der Waals surface area contributed by atoms with Crippen molar-refractivity contribution in [1.29, 1.82) is 0 Å². The van der Waals surface area contributed by atoms with Gasteiger partial charge in [-0.3, -0.25) is 14.5 Å². The fraction of sp³-hybridized carbons (Fsp3) is 0.310. The first-order chi connectivity index (χ1) is 18.3.